The number of rotatable bonds is 6. The average Bonchev–Trinajstić information content (AvgIpc) is 2.91. The zero-order valence-corrected chi connectivity index (χ0v) is 21.5. The normalized spacial score (nSPS) is 15.0. The molecule has 38 heavy (non-hydrogen) atoms. The first kappa shape index (κ1) is 27.5. The van der Waals surface area contributed by atoms with Crippen LogP contribution in [0.1, 0.15) is 29.7 Å². The Bertz CT molecular complexity index is 1210. The van der Waals surface area contributed by atoms with Crippen molar-refractivity contribution >= 4 is 29.1 Å². The zero-order valence-electron chi connectivity index (χ0n) is 20.8. The number of carbonyl (C=O) groups is 1. The number of anilines is 1. The summed E-state index contributed by atoms with van der Waals surface area (Å²) in [7, 11) is 0. The Kier molecular flexibility index (Phi) is 8.91. The lowest BCUT2D eigenvalue weighted by atomic mass is 9.96. The number of ether oxygens (including phenoxy) is 1. The molecule has 0 bridgehead atoms. The van der Waals surface area contributed by atoms with Crippen LogP contribution in [0.4, 0.5) is 18.9 Å². The van der Waals surface area contributed by atoms with E-state index in [0.717, 1.165) is 29.3 Å². The van der Waals surface area contributed by atoms with Crippen LogP contribution in [-0.2, 0) is 15.7 Å². The van der Waals surface area contributed by atoms with E-state index in [1.54, 1.807) is 11.8 Å². The van der Waals surface area contributed by atoms with Crippen LogP contribution < -0.4 is 5.43 Å². The summed E-state index contributed by atoms with van der Waals surface area (Å²) in [6.45, 7) is 3.98. The lowest BCUT2D eigenvalue weighted by Crippen LogP contribution is -2.52. The predicted octanol–water partition coefficient (Wildman–Crippen LogP) is 6.05. The smallest absolute Gasteiger partial charge is 0.416 e. The number of nitrogens with zero attached hydrogens (tertiary/aromatic N) is 3. The number of nitrogens with one attached hydrogen (secondary N) is 1. The molecule has 0 spiro atoms. The standard InChI is InChI=1S/C28H28ClF3N4O2/c1-2-38-27(37)26(34-33-24-19-22(28(30,31)32)13-14-23(24)29)36-17-15-35(16-18-36)25(20-9-5-3-6-10-20)21-11-7-4-8-12-21/h3-14,19,25,33H,2,15-18H2,1H3/b34-26+. The molecule has 3 aromatic rings. The summed E-state index contributed by atoms with van der Waals surface area (Å²) in [6.07, 6.45) is -4.54. The van der Waals surface area contributed by atoms with E-state index in [9.17, 15) is 18.0 Å². The van der Waals surface area contributed by atoms with E-state index >= 15 is 0 Å². The maximum Gasteiger partial charge on any atom is 0.416 e. The molecule has 6 nitrogen and oxygen atoms in total. The first-order valence-electron chi connectivity index (χ1n) is 12.2. The van der Waals surface area contributed by atoms with Gasteiger partial charge in [-0.2, -0.15) is 13.2 Å². The lowest BCUT2D eigenvalue weighted by Gasteiger charge is -2.40. The number of alkyl halides is 3. The van der Waals surface area contributed by atoms with Crippen LogP contribution >= 0.6 is 11.6 Å². The number of hydrazone groups is 1. The number of halogens is 4. The van der Waals surface area contributed by atoms with Crippen molar-refractivity contribution in [3.63, 3.8) is 0 Å². The van der Waals surface area contributed by atoms with Gasteiger partial charge in [0.25, 0.3) is 0 Å². The molecule has 3 aromatic carbocycles. The van der Waals surface area contributed by atoms with Gasteiger partial charge in [-0.1, -0.05) is 72.3 Å². The van der Waals surface area contributed by atoms with Gasteiger partial charge in [-0.3, -0.25) is 10.3 Å². The molecule has 1 aliphatic rings. The van der Waals surface area contributed by atoms with Gasteiger partial charge in [0, 0.05) is 26.2 Å². The highest BCUT2D eigenvalue weighted by atomic mass is 35.5. The molecule has 1 fully saturated rings. The summed E-state index contributed by atoms with van der Waals surface area (Å²) in [5.41, 5.74) is 3.93. The number of esters is 1. The molecule has 0 atom stereocenters. The quantitative estimate of drug-likeness (QED) is 0.177. The Labute approximate surface area is 224 Å². The number of hydrogen-bond donors (Lipinski definition) is 1. The predicted molar refractivity (Wildman–Crippen MR) is 142 cm³/mol. The zero-order chi connectivity index (χ0) is 27.1. The molecule has 10 heteroatoms. The highest BCUT2D eigenvalue weighted by Gasteiger charge is 2.32. The number of carbonyl (C=O) groups excluding carboxylic acids is 1. The second-order valence-electron chi connectivity index (χ2n) is 8.71. The van der Waals surface area contributed by atoms with Gasteiger partial charge in [0.2, 0.25) is 5.84 Å². The van der Waals surface area contributed by atoms with Crippen molar-refractivity contribution in [2.75, 3.05) is 38.2 Å². The highest BCUT2D eigenvalue weighted by Crippen LogP contribution is 2.34. The third-order valence-corrected chi connectivity index (χ3v) is 6.57. The second kappa shape index (κ2) is 12.3. The van der Waals surface area contributed by atoms with E-state index < -0.39 is 17.7 Å². The molecule has 0 aliphatic carbocycles. The number of hydrogen-bond acceptors (Lipinski definition) is 5. The summed E-state index contributed by atoms with van der Waals surface area (Å²) in [4.78, 5) is 16.9. The van der Waals surface area contributed by atoms with Crippen molar-refractivity contribution in [3.8, 4) is 0 Å². The highest BCUT2D eigenvalue weighted by molar-refractivity contribution is 6.35. The Morgan fingerprint density at radius 3 is 2.08 bits per heavy atom. The van der Waals surface area contributed by atoms with Gasteiger partial charge in [0.15, 0.2) is 0 Å². The number of amidine groups is 1. The molecule has 1 heterocycles. The van der Waals surface area contributed by atoms with Crippen LogP contribution in [0.2, 0.25) is 5.02 Å². The van der Waals surface area contributed by atoms with Crippen LogP contribution in [-0.4, -0.2) is 54.4 Å². The van der Waals surface area contributed by atoms with Gasteiger partial charge in [-0.05, 0) is 36.2 Å². The van der Waals surface area contributed by atoms with Crippen LogP contribution in [0.3, 0.4) is 0 Å². The van der Waals surface area contributed by atoms with E-state index in [-0.39, 0.29) is 29.2 Å². The minimum atomic E-state index is -4.54. The second-order valence-corrected chi connectivity index (χ2v) is 9.11. The molecule has 0 saturated carbocycles. The monoisotopic (exact) mass is 544 g/mol. The summed E-state index contributed by atoms with van der Waals surface area (Å²) >= 11 is 6.09. The molecule has 0 unspecified atom stereocenters. The first-order chi connectivity index (χ1) is 18.3. The van der Waals surface area contributed by atoms with E-state index in [0.29, 0.717) is 26.2 Å². The van der Waals surface area contributed by atoms with Gasteiger partial charge >= 0.3 is 12.1 Å². The topological polar surface area (TPSA) is 57.2 Å². The van der Waals surface area contributed by atoms with Crippen LogP contribution in [0.15, 0.2) is 84.0 Å². The summed E-state index contributed by atoms with van der Waals surface area (Å²) in [5, 5.41) is 4.20. The summed E-state index contributed by atoms with van der Waals surface area (Å²) in [6, 6.07) is 23.3. The minimum absolute atomic E-state index is 0.0176. The van der Waals surface area contributed by atoms with E-state index in [1.165, 1.54) is 0 Å². The number of benzene rings is 3. The molecule has 0 radical (unpaired) electrons. The first-order valence-corrected chi connectivity index (χ1v) is 12.6. The van der Waals surface area contributed by atoms with E-state index in [4.69, 9.17) is 16.3 Å². The van der Waals surface area contributed by atoms with Gasteiger partial charge in [-0.15, -0.1) is 5.10 Å². The Balaban J connectivity index is 1.55. The van der Waals surface area contributed by atoms with Gasteiger partial charge in [0.1, 0.15) is 0 Å². The Morgan fingerprint density at radius 1 is 0.974 bits per heavy atom. The molecule has 0 amide bonds. The number of piperazine rings is 1. The summed E-state index contributed by atoms with van der Waals surface area (Å²) < 4.78 is 44.7. The van der Waals surface area contributed by atoms with Crippen LogP contribution in [0.25, 0.3) is 0 Å². The van der Waals surface area contributed by atoms with Crippen molar-refractivity contribution in [3.05, 3.63) is 101 Å². The van der Waals surface area contributed by atoms with Crippen molar-refractivity contribution in [2.24, 2.45) is 5.10 Å². The Hall–Kier alpha value is -3.56. The maximum atomic E-state index is 13.2. The van der Waals surface area contributed by atoms with Crippen LogP contribution in [0.5, 0.6) is 0 Å². The van der Waals surface area contributed by atoms with Crippen molar-refractivity contribution in [1.29, 1.82) is 0 Å². The maximum absolute atomic E-state index is 13.2. The average molecular weight is 545 g/mol. The molecule has 1 aliphatic heterocycles. The third kappa shape index (κ3) is 6.65. The van der Waals surface area contributed by atoms with Gasteiger partial charge in [0.05, 0.1) is 28.9 Å². The molecule has 4 rings (SSSR count). The fourth-order valence-electron chi connectivity index (χ4n) is 4.42. The Morgan fingerprint density at radius 2 is 1.55 bits per heavy atom. The van der Waals surface area contributed by atoms with Crippen molar-refractivity contribution < 1.29 is 22.7 Å². The third-order valence-electron chi connectivity index (χ3n) is 6.24. The molecular weight excluding hydrogens is 517 g/mol. The van der Waals surface area contributed by atoms with Gasteiger partial charge < -0.3 is 9.64 Å². The van der Waals surface area contributed by atoms with E-state index in [2.05, 4.69) is 39.7 Å². The van der Waals surface area contributed by atoms with E-state index in [1.807, 2.05) is 36.4 Å². The van der Waals surface area contributed by atoms with Gasteiger partial charge in [-0.25, -0.2) is 4.79 Å². The van der Waals surface area contributed by atoms with Crippen LogP contribution in [0, 0.1) is 0 Å². The fraction of sp³-hybridized carbons (Fsp3) is 0.286. The molecule has 200 valence electrons. The van der Waals surface area contributed by atoms with Crippen molar-refractivity contribution in [2.45, 2.75) is 19.1 Å². The molecule has 1 N–H and O–H groups in total. The molecule has 1 saturated heterocycles. The van der Waals surface area contributed by atoms with Crippen molar-refractivity contribution in [1.82, 2.24) is 9.80 Å². The lowest BCUT2D eigenvalue weighted by molar-refractivity contribution is -0.138. The minimum Gasteiger partial charge on any atom is -0.460 e. The molecular formula is C28H28ClF3N4O2. The SMILES string of the molecule is CCOC(=O)/C(=N\Nc1cc(C(F)(F)F)ccc1Cl)N1CCN(C(c2ccccc2)c2ccccc2)CC1. The fourth-order valence-corrected chi connectivity index (χ4v) is 4.58. The summed E-state index contributed by atoms with van der Waals surface area (Å²) in [5.74, 6) is -0.685. The largest absolute Gasteiger partial charge is 0.460 e. The molecule has 0 aromatic heterocycles.